The van der Waals surface area contributed by atoms with Gasteiger partial charge in [0, 0.05) is 6.20 Å². The van der Waals surface area contributed by atoms with Crippen molar-refractivity contribution in [1.82, 2.24) is 14.2 Å². The highest BCUT2D eigenvalue weighted by Gasteiger charge is 2.03. The molecule has 0 saturated carbocycles. The predicted molar refractivity (Wildman–Crippen MR) is 46.5 cm³/mol. The first-order valence-electron chi connectivity index (χ1n) is 3.98. The first-order valence-corrected chi connectivity index (χ1v) is 3.98. The van der Waals surface area contributed by atoms with Gasteiger partial charge in [-0.1, -0.05) is 6.07 Å². The molecule has 0 radical (unpaired) electrons. The fourth-order valence-electron chi connectivity index (χ4n) is 1.21. The number of hydrogen-bond acceptors (Lipinski definition) is 3. The Kier molecular flexibility index (Phi) is 1.86. The Morgan fingerprint density at radius 2 is 2.31 bits per heavy atom. The third-order valence-electron chi connectivity index (χ3n) is 1.80. The average molecular weight is 179 g/mol. The van der Waals surface area contributed by atoms with Crippen LogP contribution in [0.1, 0.15) is 0 Å². The molecule has 0 unspecified atom stereocenters. The van der Waals surface area contributed by atoms with Crippen molar-refractivity contribution < 1.29 is 5.11 Å². The Bertz CT molecular complexity index is 471. The van der Waals surface area contributed by atoms with Crippen LogP contribution in [0.4, 0.5) is 0 Å². The van der Waals surface area contributed by atoms with Gasteiger partial charge in [-0.15, -0.1) is 5.10 Å². The van der Waals surface area contributed by atoms with Gasteiger partial charge in [0.15, 0.2) is 5.65 Å². The normalized spacial score (nSPS) is 10.8. The molecule has 1 N–H and O–H groups in total. The second kappa shape index (κ2) is 3.02. The van der Waals surface area contributed by atoms with Crippen LogP contribution in [0.15, 0.2) is 29.2 Å². The first-order chi connectivity index (χ1) is 6.33. The van der Waals surface area contributed by atoms with E-state index in [1.165, 1.54) is 9.08 Å². The molecular weight excluding hydrogens is 170 g/mol. The summed E-state index contributed by atoms with van der Waals surface area (Å²) in [6.07, 6.45) is 1.65. The van der Waals surface area contributed by atoms with Crippen LogP contribution in [0.5, 0.6) is 0 Å². The molecule has 0 aromatic carbocycles. The smallest absolute Gasteiger partial charge is 0.350 e. The highest BCUT2D eigenvalue weighted by molar-refractivity contribution is 5.35. The Morgan fingerprint density at radius 3 is 3.00 bits per heavy atom. The summed E-state index contributed by atoms with van der Waals surface area (Å²) < 4.78 is 2.69. The molecule has 68 valence electrons. The third-order valence-corrected chi connectivity index (χ3v) is 1.80. The number of hydrogen-bond donors (Lipinski definition) is 1. The lowest BCUT2D eigenvalue weighted by molar-refractivity contribution is 0.267. The Hall–Kier alpha value is -1.62. The summed E-state index contributed by atoms with van der Waals surface area (Å²) in [6, 6.07) is 5.32. The summed E-state index contributed by atoms with van der Waals surface area (Å²) in [5.74, 6) is 0. The number of pyridine rings is 1. The molecule has 13 heavy (non-hydrogen) atoms. The minimum Gasteiger partial charge on any atom is -0.394 e. The average Bonchev–Trinajstić information content (AvgIpc) is 2.46. The van der Waals surface area contributed by atoms with Gasteiger partial charge in [-0.2, -0.15) is 0 Å². The van der Waals surface area contributed by atoms with Gasteiger partial charge >= 0.3 is 5.69 Å². The predicted octanol–water partition coefficient (Wildman–Crippen LogP) is -0.512. The molecular formula is C8H9N3O2. The van der Waals surface area contributed by atoms with E-state index in [0.717, 1.165) is 0 Å². The molecule has 0 saturated heterocycles. The van der Waals surface area contributed by atoms with E-state index in [4.69, 9.17) is 5.11 Å². The van der Waals surface area contributed by atoms with Crippen molar-refractivity contribution in [3.8, 4) is 0 Å². The van der Waals surface area contributed by atoms with E-state index < -0.39 is 0 Å². The van der Waals surface area contributed by atoms with Gasteiger partial charge in [-0.3, -0.25) is 4.40 Å². The number of nitrogens with zero attached hydrogens (tertiary/aromatic N) is 3. The minimum atomic E-state index is -0.218. The van der Waals surface area contributed by atoms with Gasteiger partial charge in [0.1, 0.15) is 0 Å². The van der Waals surface area contributed by atoms with Gasteiger partial charge < -0.3 is 5.11 Å². The third kappa shape index (κ3) is 1.23. The SMILES string of the molecule is O=c1n(CCO)nc2ccccn12. The van der Waals surface area contributed by atoms with E-state index in [1.54, 1.807) is 18.3 Å². The van der Waals surface area contributed by atoms with Crippen LogP contribution in [-0.2, 0) is 6.54 Å². The van der Waals surface area contributed by atoms with Crippen molar-refractivity contribution in [3.05, 3.63) is 34.9 Å². The maximum atomic E-state index is 11.5. The van der Waals surface area contributed by atoms with Crippen molar-refractivity contribution in [2.45, 2.75) is 6.54 Å². The van der Waals surface area contributed by atoms with Gasteiger partial charge in [0.25, 0.3) is 0 Å². The lowest BCUT2D eigenvalue weighted by Gasteiger charge is -1.90. The zero-order valence-corrected chi connectivity index (χ0v) is 6.92. The molecule has 0 amide bonds. The summed E-state index contributed by atoms with van der Waals surface area (Å²) in [4.78, 5) is 11.5. The Balaban J connectivity index is 2.67. The minimum absolute atomic E-state index is 0.0796. The molecule has 2 heterocycles. The molecule has 0 aliphatic heterocycles. The van der Waals surface area contributed by atoms with Crippen molar-refractivity contribution in [1.29, 1.82) is 0 Å². The summed E-state index contributed by atoms with van der Waals surface area (Å²) in [5, 5.41) is 12.7. The first kappa shape index (κ1) is 8.00. The Labute approximate surface area is 73.9 Å². The van der Waals surface area contributed by atoms with Crippen molar-refractivity contribution in [3.63, 3.8) is 0 Å². The number of rotatable bonds is 2. The summed E-state index contributed by atoms with van der Waals surface area (Å²) >= 11 is 0. The van der Waals surface area contributed by atoms with Crippen LogP contribution in [0.3, 0.4) is 0 Å². The van der Waals surface area contributed by atoms with Crippen molar-refractivity contribution in [2.24, 2.45) is 0 Å². The number of aliphatic hydroxyl groups is 1. The lowest BCUT2D eigenvalue weighted by Crippen LogP contribution is -2.22. The maximum absolute atomic E-state index is 11.5. The van der Waals surface area contributed by atoms with Gasteiger partial charge in [-0.25, -0.2) is 9.48 Å². The van der Waals surface area contributed by atoms with Crippen LogP contribution in [-0.4, -0.2) is 25.9 Å². The van der Waals surface area contributed by atoms with Crippen LogP contribution >= 0.6 is 0 Å². The molecule has 0 aliphatic rings. The van der Waals surface area contributed by atoms with Crippen LogP contribution in [0, 0.1) is 0 Å². The Morgan fingerprint density at radius 1 is 1.46 bits per heavy atom. The van der Waals surface area contributed by atoms with Crippen LogP contribution in [0.2, 0.25) is 0 Å². The summed E-state index contributed by atoms with van der Waals surface area (Å²) in [7, 11) is 0. The molecule has 0 bridgehead atoms. The topological polar surface area (TPSA) is 59.5 Å². The quantitative estimate of drug-likeness (QED) is 0.675. The van der Waals surface area contributed by atoms with E-state index in [-0.39, 0.29) is 18.8 Å². The van der Waals surface area contributed by atoms with E-state index in [0.29, 0.717) is 5.65 Å². The largest absolute Gasteiger partial charge is 0.394 e. The van der Waals surface area contributed by atoms with E-state index >= 15 is 0 Å². The van der Waals surface area contributed by atoms with E-state index in [1.807, 2.05) is 6.07 Å². The molecule has 0 atom stereocenters. The van der Waals surface area contributed by atoms with Crippen LogP contribution in [0.25, 0.3) is 5.65 Å². The highest BCUT2D eigenvalue weighted by atomic mass is 16.3. The second-order valence-corrected chi connectivity index (χ2v) is 2.66. The molecule has 5 nitrogen and oxygen atoms in total. The zero-order chi connectivity index (χ0) is 9.26. The molecule has 0 aliphatic carbocycles. The van der Waals surface area contributed by atoms with Crippen molar-refractivity contribution in [2.75, 3.05) is 6.61 Å². The van der Waals surface area contributed by atoms with Gasteiger partial charge in [0.05, 0.1) is 13.2 Å². The molecule has 2 aromatic rings. The standard InChI is InChI=1S/C8H9N3O2/c12-6-5-11-8(13)10-4-2-1-3-7(10)9-11/h1-4,12H,5-6H2. The molecule has 2 rings (SSSR count). The molecule has 5 heteroatoms. The second-order valence-electron chi connectivity index (χ2n) is 2.66. The molecule has 2 aromatic heterocycles. The fraction of sp³-hybridized carbons (Fsp3) is 0.250. The number of aliphatic hydroxyl groups excluding tert-OH is 1. The molecule has 0 spiro atoms. The summed E-state index contributed by atoms with van der Waals surface area (Å²) in [6.45, 7) is 0.157. The zero-order valence-electron chi connectivity index (χ0n) is 6.92. The fourth-order valence-corrected chi connectivity index (χ4v) is 1.21. The van der Waals surface area contributed by atoms with E-state index in [9.17, 15) is 4.79 Å². The van der Waals surface area contributed by atoms with Crippen LogP contribution < -0.4 is 5.69 Å². The van der Waals surface area contributed by atoms with Gasteiger partial charge in [0.2, 0.25) is 0 Å². The molecule has 0 fully saturated rings. The highest BCUT2D eigenvalue weighted by Crippen LogP contribution is 1.94. The summed E-state index contributed by atoms with van der Waals surface area (Å²) in [5.41, 5.74) is 0.380. The van der Waals surface area contributed by atoms with E-state index in [2.05, 4.69) is 5.10 Å². The lowest BCUT2D eigenvalue weighted by atomic mass is 10.5. The number of fused-ring (bicyclic) bond motifs is 1. The monoisotopic (exact) mass is 179 g/mol. The van der Waals surface area contributed by atoms with Crippen molar-refractivity contribution >= 4 is 5.65 Å². The number of aromatic nitrogens is 3. The van der Waals surface area contributed by atoms with Gasteiger partial charge in [-0.05, 0) is 12.1 Å². The maximum Gasteiger partial charge on any atom is 0.350 e.